The molecule has 286 valence electrons. The first-order valence-electron chi connectivity index (χ1n) is 20.8. The fourth-order valence-corrected chi connectivity index (χ4v) is 10.4. The zero-order valence-electron chi connectivity index (χ0n) is 33.2. The molecule has 0 bridgehead atoms. The zero-order chi connectivity index (χ0) is 40.3. The van der Waals surface area contributed by atoms with E-state index in [1.54, 1.807) is 0 Å². The van der Waals surface area contributed by atoms with Gasteiger partial charge in [-0.3, -0.25) is 0 Å². The first-order chi connectivity index (χ1) is 30.2. The first-order valence-corrected chi connectivity index (χ1v) is 21.6. The highest BCUT2D eigenvalue weighted by molar-refractivity contribution is 7.25. The van der Waals surface area contributed by atoms with Crippen LogP contribution in [-0.4, -0.2) is 4.57 Å². The van der Waals surface area contributed by atoms with Gasteiger partial charge in [0.1, 0.15) is 0 Å². The highest BCUT2D eigenvalue weighted by Gasteiger charge is 2.19. The van der Waals surface area contributed by atoms with Gasteiger partial charge in [0.15, 0.2) is 0 Å². The van der Waals surface area contributed by atoms with Crippen LogP contribution in [0, 0.1) is 0 Å². The van der Waals surface area contributed by atoms with Gasteiger partial charge in [0.25, 0.3) is 0 Å². The monoisotopic (exact) mass is 794 g/mol. The molecule has 0 radical (unpaired) electrons. The summed E-state index contributed by atoms with van der Waals surface area (Å²) in [4.78, 5) is 2.39. The number of nitrogens with zero attached hydrogens (tertiary/aromatic N) is 2. The molecular formula is C58H38N2S. The maximum absolute atomic E-state index is 2.46. The molecule has 12 rings (SSSR count). The Morgan fingerprint density at radius 2 is 0.902 bits per heavy atom. The van der Waals surface area contributed by atoms with E-state index in [0.717, 1.165) is 28.3 Å². The number of thiophene rings is 1. The molecule has 0 fully saturated rings. The Balaban J connectivity index is 1.03. The van der Waals surface area contributed by atoms with Crippen LogP contribution in [0.5, 0.6) is 0 Å². The van der Waals surface area contributed by atoms with Crippen LogP contribution in [0.4, 0.5) is 17.1 Å². The lowest BCUT2D eigenvalue weighted by Crippen LogP contribution is -2.09. The van der Waals surface area contributed by atoms with Crippen molar-refractivity contribution in [3.05, 3.63) is 231 Å². The first kappa shape index (κ1) is 35.2. The highest BCUT2D eigenvalue weighted by Crippen LogP contribution is 2.43. The van der Waals surface area contributed by atoms with Gasteiger partial charge in [0.2, 0.25) is 0 Å². The number of rotatable bonds is 7. The predicted octanol–water partition coefficient (Wildman–Crippen LogP) is 16.8. The Bertz CT molecular complexity index is 3560. The average Bonchev–Trinajstić information content (AvgIpc) is 3.88. The van der Waals surface area contributed by atoms with Crippen LogP contribution >= 0.6 is 11.3 Å². The second kappa shape index (κ2) is 14.5. The fraction of sp³-hybridized carbons (Fsp3) is 0. The van der Waals surface area contributed by atoms with E-state index in [0.29, 0.717) is 0 Å². The average molecular weight is 795 g/mol. The molecule has 3 heteroatoms. The Morgan fingerprint density at radius 3 is 1.67 bits per heavy atom. The third kappa shape index (κ3) is 6.01. The normalized spacial score (nSPS) is 11.6. The van der Waals surface area contributed by atoms with Crippen molar-refractivity contribution >= 4 is 81.1 Å². The van der Waals surface area contributed by atoms with E-state index in [2.05, 4.69) is 240 Å². The number of para-hydroxylation sites is 1. The lowest BCUT2D eigenvalue weighted by Gasteiger charge is -2.26. The minimum atomic E-state index is 1.10. The summed E-state index contributed by atoms with van der Waals surface area (Å²) in [7, 11) is 0. The van der Waals surface area contributed by atoms with Gasteiger partial charge in [-0.25, -0.2) is 0 Å². The van der Waals surface area contributed by atoms with Crippen molar-refractivity contribution in [2.45, 2.75) is 0 Å². The van der Waals surface area contributed by atoms with Gasteiger partial charge in [-0.1, -0.05) is 164 Å². The standard InChI is InChI=1S/C58H38N2S/c1-3-13-39(14-4-1)40-23-28-44(29-24-40)59(46-33-36-57-54(38-46)51-20-10-12-22-56(51)61-57)45-30-25-43(26-31-45)53-37-47(32-35-48(53)41-15-5-2-6-16-41)60-55-21-11-9-19-50(55)52-34-27-42-17-7-8-18-49(42)58(52)60/h1-38H. The fourth-order valence-electron chi connectivity index (χ4n) is 9.30. The third-order valence-electron chi connectivity index (χ3n) is 12.2. The van der Waals surface area contributed by atoms with E-state index >= 15 is 0 Å². The minimum absolute atomic E-state index is 1.10. The van der Waals surface area contributed by atoms with E-state index in [4.69, 9.17) is 0 Å². The number of fused-ring (bicyclic) bond motifs is 8. The second-order valence-electron chi connectivity index (χ2n) is 15.7. The van der Waals surface area contributed by atoms with E-state index < -0.39 is 0 Å². The van der Waals surface area contributed by atoms with Crippen LogP contribution in [0.2, 0.25) is 0 Å². The van der Waals surface area contributed by atoms with Gasteiger partial charge in [0.05, 0.1) is 11.0 Å². The number of anilines is 3. The van der Waals surface area contributed by atoms with Crippen LogP contribution in [0.1, 0.15) is 0 Å². The van der Waals surface area contributed by atoms with Gasteiger partial charge in [0, 0.05) is 59.1 Å². The van der Waals surface area contributed by atoms with Crippen molar-refractivity contribution < 1.29 is 0 Å². The molecule has 0 saturated carbocycles. The van der Waals surface area contributed by atoms with Crippen LogP contribution in [0.15, 0.2) is 231 Å². The Morgan fingerprint density at radius 1 is 0.328 bits per heavy atom. The molecular weight excluding hydrogens is 757 g/mol. The molecule has 2 heterocycles. The summed E-state index contributed by atoms with van der Waals surface area (Å²) in [6.45, 7) is 0. The molecule has 0 atom stereocenters. The molecule has 0 saturated heterocycles. The molecule has 10 aromatic carbocycles. The summed E-state index contributed by atoms with van der Waals surface area (Å²) in [5.41, 5.74) is 14.1. The van der Waals surface area contributed by atoms with Crippen LogP contribution in [0.3, 0.4) is 0 Å². The van der Waals surface area contributed by atoms with Crippen molar-refractivity contribution in [3.8, 4) is 39.1 Å². The molecule has 0 aliphatic rings. The van der Waals surface area contributed by atoms with Gasteiger partial charge in [-0.15, -0.1) is 11.3 Å². The van der Waals surface area contributed by atoms with Crippen molar-refractivity contribution in [1.29, 1.82) is 0 Å². The van der Waals surface area contributed by atoms with Gasteiger partial charge in [-0.05, 0) is 105 Å². The van der Waals surface area contributed by atoms with Crippen LogP contribution in [0.25, 0.3) is 91.8 Å². The molecule has 61 heavy (non-hydrogen) atoms. The maximum Gasteiger partial charge on any atom is 0.0619 e. The van der Waals surface area contributed by atoms with Crippen molar-refractivity contribution in [2.75, 3.05) is 4.90 Å². The number of hydrogen-bond donors (Lipinski definition) is 0. The summed E-state index contributed by atoms with van der Waals surface area (Å²) >= 11 is 1.85. The second-order valence-corrected chi connectivity index (χ2v) is 16.8. The predicted molar refractivity (Wildman–Crippen MR) is 262 cm³/mol. The van der Waals surface area contributed by atoms with Crippen LogP contribution < -0.4 is 4.90 Å². The summed E-state index contributed by atoms with van der Waals surface area (Å²) in [6, 6.07) is 84.2. The molecule has 0 aliphatic carbocycles. The largest absolute Gasteiger partial charge is 0.310 e. The Labute approximate surface area is 358 Å². The van der Waals surface area contributed by atoms with Crippen molar-refractivity contribution in [1.82, 2.24) is 4.57 Å². The molecule has 0 aliphatic heterocycles. The SMILES string of the molecule is c1ccc(-c2ccc(N(c3ccc(-c4cc(-n5c6ccccc6c6ccc7ccccc7c65)ccc4-c4ccccc4)cc3)c3ccc4sc5ccccc5c4c3)cc2)cc1. The van der Waals surface area contributed by atoms with E-state index in [1.807, 2.05) is 11.3 Å². The molecule has 0 amide bonds. The molecule has 12 aromatic rings. The Kier molecular flexibility index (Phi) is 8.39. The van der Waals surface area contributed by atoms with E-state index in [1.165, 1.54) is 80.6 Å². The van der Waals surface area contributed by atoms with Gasteiger partial charge in [-0.2, -0.15) is 0 Å². The third-order valence-corrected chi connectivity index (χ3v) is 13.3. The molecule has 0 spiro atoms. The lowest BCUT2D eigenvalue weighted by atomic mass is 9.93. The van der Waals surface area contributed by atoms with Crippen molar-refractivity contribution in [3.63, 3.8) is 0 Å². The topological polar surface area (TPSA) is 8.17 Å². The Hall–Kier alpha value is -7.72. The zero-order valence-corrected chi connectivity index (χ0v) is 34.1. The van der Waals surface area contributed by atoms with E-state index in [9.17, 15) is 0 Å². The number of hydrogen-bond acceptors (Lipinski definition) is 2. The van der Waals surface area contributed by atoms with E-state index in [-0.39, 0.29) is 0 Å². The maximum atomic E-state index is 2.46. The molecule has 2 aromatic heterocycles. The quantitative estimate of drug-likeness (QED) is 0.156. The molecule has 0 N–H and O–H groups in total. The molecule has 0 unspecified atom stereocenters. The van der Waals surface area contributed by atoms with Crippen LogP contribution in [-0.2, 0) is 0 Å². The minimum Gasteiger partial charge on any atom is -0.310 e. The summed E-state index contributed by atoms with van der Waals surface area (Å²) in [5, 5.41) is 7.58. The van der Waals surface area contributed by atoms with Gasteiger partial charge < -0.3 is 9.47 Å². The number of benzene rings is 10. The summed E-state index contributed by atoms with van der Waals surface area (Å²) in [6.07, 6.45) is 0. The van der Waals surface area contributed by atoms with Gasteiger partial charge >= 0.3 is 0 Å². The van der Waals surface area contributed by atoms with Crippen molar-refractivity contribution in [2.24, 2.45) is 0 Å². The smallest absolute Gasteiger partial charge is 0.0619 e. The number of aromatic nitrogens is 1. The highest BCUT2D eigenvalue weighted by atomic mass is 32.1. The lowest BCUT2D eigenvalue weighted by molar-refractivity contribution is 1.19. The summed E-state index contributed by atoms with van der Waals surface area (Å²) < 4.78 is 5.07. The molecule has 2 nitrogen and oxygen atoms in total. The summed E-state index contributed by atoms with van der Waals surface area (Å²) in [5.74, 6) is 0.